The average molecular weight is 334 g/mol. The first-order chi connectivity index (χ1) is 11.3. The van der Waals surface area contributed by atoms with Gasteiger partial charge in [-0.3, -0.25) is 20.4 Å². The second-order valence-electron chi connectivity index (χ2n) is 5.24. The van der Waals surface area contributed by atoms with E-state index in [1.54, 1.807) is 12.1 Å². The predicted molar refractivity (Wildman–Crippen MR) is 83.4 cm³/mol. The van der Waals surface area contributed by atoms with Gasteiger partial charge in [-0.05, 0) is 55.3 Å². The zero-order chi connectivity index (χ0) is 17.7. The van der Waals surface area contributed by atoms with Crippen LogP contribution in [-0.2, 0) is 4.79 Å². The van der Waals surface area contributed by atoms with Gasteiger partial charge in [-0.25, -0.2) is 8.78 Å². The molecule has 2 rings (SSSR count). The van der Waals surface area contributed by atoms with Gasteiger partial charge >= 0.3 is 0 Å². The van der Waals surface area contributed by atoms with E-state index in [1.165, 1.54) is 0 Å². The van der Waals surface area contributed by atoms with Crippen LogP contribution in [0.15, 0.2) is 36.4 Å². The first-order valence-electron chi connectivity index (χ1n) is 7.10. The summed E-state index contributed by atoms with van der Waals surface area (Å²) in [5.74, 6) is -2.74. The Morgan fingerprint density at radius 3 is 2.33 bits per heavy atom. The summed E-state index contributed by atoms with van der Waals surface area (Å²) in [6.07, 6.45) is 0. The standard InChI is InChI=1S/C17H16F2N2O3/c1-10-5-11(2)7-13(6-10)24-9-16(22)20-21-17(23)14-8-12(18)3-4-15(14)19/h3-8H,9H2,1-2H3,(H,20,22)(H,21,23). The normalized spacial score (nSPS) is 10.2. The molecule has 2 N–H and O–H groups in total. The fourth-order valence-electron chi connectivity index (χ4n) is 2.07. The zero-order valence-corrected chi connectivity index (χ0v) is 13.2. The van der Waals surface area contributed by atoms with Crippen LogP contribution in [0.5, 0.6) is 5.75 Å². The molecular formula is C17H16F2N2O3. The van der Waals surface area contributed by atoms with Crippen LogP contribution in [-0.4, -0.2) is 18.4 Å². The van der Waals surface area contributed by atoms with E-state index in [0.29, 0.717) is 5.75 Å². The molecule has 7 heteroatoms. The highest BCUT2D eigenvalue weighted by Gasteiger charge is 2.13. The molecule has 0 aliphatic heterocycles. The molecule has 0 radical (unpaired) electrons. The molecule has 2 aromatic carbocycles. The van der Waals surface area contributed by atoms with E-state index in [4.69, 9.17) is 4.74 Å². The maximum absolute atomic E-state index is 13.4. The fraction of sp³-hybridized carbons (Fsp3) is 0.176. The monoisotopic (exact) mass is 334 g/mol. The second-order valence-corrected chi connectivity index (χ2v) is 5.24. The number of carbonyl (C=O) groups is 2. The van der Waals surface area contributed by atoms with Crippen LogP contribution in [0.2, 0.25) is 0 Å². The Morgan fingerprint density at radius 2 is 1.67 bits per heavy atom. The minimum absolute atomic E-state index is 0.338. The summed E-state index contributed by atoms with van der Waals surface area (Å²) in [6, 6.07) is 7.95. The minimum Gasteiger partial charge on any atom is -0.484 e. The highest BCUT2D eigenvalue weighted by atomic mass is 19.1. The third-order valence-electron chi connectivity index (χ3n) is 3.05. The van der Waals surface area contributed by atoms with Crippen molar-refractivity contribution in [2.45, 2.75) is 13.8 Å². The summed E-state index contributed by atoms with van der Waals surface area (Å²) in [4.78, 5) is 23.4. The number of hydrogen-bond donors (Lipinski definition) is 2. The lowest BCUT2D eigenvalue weighted by Crippen LogP contribution is -2.44. The van der Waals surface area contributed by atoms with Crippen LogP contribution in [0, 0.1) is 25.5 Å². The van der Waals surface area contributed by atoms with E-state index in [-0.39, 0.29) is 6.61 Å². The molecule has 5 nitrogen and oxygen atoms in total. The van der Waals surface area contributed by atoms with E-state index in [9.17, 15) is 18.4 Å². The third kappa shape index (κ3) is 4.77. The number of benzene rings is 2. The second kappa shape index (κ2) is 7.54. The van der Waals surface area contributed by atoms with Crippen molar-refractivity contribution in [2.75, 3.05) is 6.61 Å². The Bertz CT molecular complexity index is 758. The van der Waals surface area contributed by atoms with Crippen LogP contribution in [0.4, 0.5) is 8.78 Å². The molecule has 0 fully saturated rings. The number of hydrazine groups is 1. The molecule has 0 bridgehead atoms. The molecule has 126 valence electrons. The molecule has 0 saturated carbocycles. The van der Waals surface area contributed by atoms with Crippen molar-refractivity contribution >= 4 is 11.8 Å². The van der Waals surface area contributed by atoms with E-state index in [1.807, 2.05) is 25.3 Å². The van der Waals surface area contributed by atoms with Crippen molar-refractivity contribution < 1.29 is 23.1 Å². The molecule has 0 heterocycles. The largest absolute Gasteiger partial charge is 0.484 e. The van der Waals surface area contributed by atoms with Gasteiger partial charge in [-0.15, -0.1) is 0 Å². The fourth-order valence-corrected chi connectivity index (χ4v) is 2.07. The maximum Gasteiger partial charge on any atom is 0.276 e. The van der Waals surface area contributed by atoms with Gasteiger partial charge in [0.25, 0.3) is 11.8 Å². The number of amides is 2. The van der Waals surface area contributed by atoms with Crippen molar-refractivity contribution in [1.29, 1.82) is 0 Å². The molecule has 0 aliphatic carbocycles. The quantitative estimate of drug-likeness (QED) is 0.844. The van der Waals surface area contributed by atoms with Crippen LogP contribution in [0.3, 0.4) is 0 Å². The lowest BCUT2D eigenvalue weighted by Gasteiger charge is -2.10. The summed E-state index contributed by atoms with van der Waals surface area (Å²) in [5.41, 5.74) is 5.54. The Hall–Kier alpha value is -2.96. The Morgan fingerprint density at radius 1 is 1.00 bits per heavy atom. The lowest BCUT2D eigenvalue weighted by atomic mass is 10.1. The number of ether oxygens (including phenoxy) is 1. The highest BCUT2D eigenvalue weighted by molar-refractivity contribution is 5.95. The van der Waals surface area contributed by atoms with Crippen molar-refractivity contribution in [1.82, 2.24) is 10.9 Å². The highest BCUT2D eigenvalue weighted by Crippen LogP contribution is 2.15. The van der Waals surface area contributed by atoms with Crippen LogP contribution in [0.1, 0.15) is 21.5 Å². The van der Waals surface area contributed by atoms with Gasteiger partial charge in [0.05, 0.1) is 5.56 Å². The molecule has 24 heavy (non-hydrogen) atoms. The first kappa shape index (κ1) is 17.4. The molecular weight excluding hydrogens is 318 g/mol. The number of carbonyl (C=O) groups excluding carboxylic acids is 2. The average Bonchev–Trinajstić information content (AvgIpc) is 2.52. The van der Waals surface area contributed by atoms with Crippen molar-refractivity contribution in [2.24, 2.45) is 0 Å². The molecule has 0 aliphatic rings. The van der Waals surface area contributed by atoms with Gasteiger partial charge in [-0.1, -0.05) is 6.07 Å². The van der Waals surface area contributed by atoms with Gasteiger partial charge in [0, 0.05) is 0 Å². The SMILES string of the molecule is Cc1cc(C)cc(OCC(=O)NNC(=O)c2cc(F)ccc2F)c1. The van der Waals surface area contributed by atoms with Crippen molar-refractivity contribution in [3.63, 3.8) is 0 Å². The van der Waals surface area contributed by atoms with Crippen molar-refractivity contribution in [3.8, 4) is 5.75 Å². The number of nitrogens with one attached hydrogen (secondary N) is 2. The lowest BCUT2D eigenvalue weighted by molar-refractivity contribution is -0.123. The van der Waals surface area contributed by atoms with Crippen LogP contribution in [0.25, 0.3) is 0 Å². The van der Waals surface area contributed by atoms with Gasteiger partial charge in [-0.2, -0.15) is 0 Å². The Kier molecular flexibility index (Phi) is 5.47. The number of aryl methyl sites for hydroxylation is 2. The number of rotatable bonds is 4. The topological polar surface area (TPSA) is 67.4 Å². The summed E-state index contributed by atoms with van der Waals surface area (Å²) < 4.78 is 31.8. The molecule has 0 saturated heterocycles. The summed E-state index contributed by atoms with van der Waals surface area (Å²) >= 11 is 0. The van der Waals surface area contributed by atoms with Gasteiger partial charge < -0.3 is 4.74 Å². The molecule has 0 atom stereocenters. The molecule has 0 spiro atoms. The smallest absolute Gasteiger partial charge is 0.276 e. The number of hydrogen-bond acceptors (Lipinski definition) is 3. The predicted octanol–water partition coefficient (Wildman–Crippen LogP) is 2.42. The Balaban J connectivity index is 1.86. The minimum atomic E-state index is -0.966. The van der Waals surface area contributed by atoms with E-state index >= 15 is 0 Å². The first-order valence-corrected chi connectivity index (χ1v) is 7.10. The van der Waals surface area contributed by atoms with Gasteiger partial charge in [0.15, 0.2) is 6.61 Å². The van der Waals surface area contributed by atoms with Crippen LogP contribution >= 0.6 is 0 Å². The number of halogens is 2. The summed E-state index contributed by atoms with van der Waals surface area (Å²) in [7, 11) is 0. The molecule has 0 aromatic heterocycles. The van der Waals surface area contributed by atoms with Gasteiger partial charge in [0.2, 0.25) is 0 Å². The van der Waals surface area contributed by atoms with E-state index in [0.717, 1.165) is 29.3 Å². The van der Waals surface area contributed by atoms with E-state index < -0.39 is 29.0 Å². The Labute approximate surface area is 137 Å². The summed E-state index contributed by atoms with van der Waals surface area (Å²) in [6.45, 7) is 3.45. The van der Waals surface area contributed by atoms with Crippen LogP contribution < -0.4 is 15.6 Å². The maximum atomic E-state index is 13.4. The molecule has 2 amide bonds. The van der Waals surface area contributed by atoms with Crippen molar-refractivity contribution in [3.05, 3.63) is 64.7 Å². The molecule has 2 aromatic rings. The molecule has 0 unspecified atom stereocenters. The third-order valence-corrected chi connectivity index (χ3v) is 3.05. The zero-order valence-electron chi connectivity index (χ0n) is 13.2. The van der Waals surface area contributed by atoms with Gasteiger partial charge in [0.1, 0.15) is 17.4 Å². The summed E-state index contributed by atoms with van der Waals surface area (Å²) in [5, 5.41) is 0. The van der Waals surface area contributed by atoms with E-state index in [2.05, 4.69) is 5.43 Å².